The zero-order chi connectivity index (χ0) is 10.0. The van der Waals surface area contributed by atoms with Crippen LogP contribution >= 0.6 is 0 Å². The molecule has 72 valence electrons. The van der Waals surface area contributed by atoms with Crippen molar-refractivity contribution in [3.63, 3.8) is 0 Å². The van der Waals surface area contributed by atoms with Crippen molar-refractivity contribution in [2.75, 3.05) is 7.11 Å². The molecule has 0 saturated carbocycles. The van der Waals surface area contributed by atoms with Crippen LogP contribution in [0.25, 0.3) is 0 Å². The van der Waals surface area contributed by atoms with Gasteiger partial charge < -0.3 is 9.84 Å². The Bertz CT molecular complexity index is 311. The molecule has 0 amide bonds. The lowest BCUT2D eigenvalue weighted by molar-refractivity contribution is 0.198. The molecule has 0 aliphatic rings. The number of benzene rings is 1. The van der Waals surface area contributed by atoms with Gasteiger partial charge in [0.15, 0.2) is 11.6 Å². The molecule has 1 aromatic rings. The lowest BCUT2D eigenvalue weighted by Crippen LogP contribution is -1.98. The topological polar surface area (TPSA) is 29.5 Å². The normalized spacial score (nSPS) is 12.7. The fourth-order valence-electron chi connectivity index (χ4n) is 0.974. The van der Waals surface area contributed by atoms with Crippen LogP contribution in [0, 0.1) is 11.6 Å². The first-order valence-electron chi connectivity index (χ1n) is 3.77. The Balaban J connectivity index is 3.22. The average Bonchev–Trinajstić information content (AvgIpc) is 2.09. The second-order valence-corrected chi connectivity index (χ2v) is 2.69. The van der Waals surface area contributed by atoms with Crippen LogP contribution in [0.1, 0.15) is 18.6 Å². The highest BCUT2D eigenvalue weighted by molar-refractivity contribution is 5.32. The molecule has 2 nitrogen and oxygen atoms in total. The minimum Gasteiger partial charge on any atom is -0.494 e. The molecule has 4 heteroatoms. The van der Waals surface area contributed by atoms with E-state index in [2.05, 4.69) is 4.74 Å². The van der Waals surface area contributed by atoms with Crippen molar-refractivity contribution in [2.24, 2.45) is 0 Å². The van der Waals surface area contributed by atoms with Gasteiger partial charge in [-0.2, -0.15) is 4.39 Å². The summed E-state index contributed by atoms with van der Waals surface area (Å²) >= 11 is 0. The van der Waals surface area contributed by atoms with Gasteiger partial charge in [-0.1, -0.05) is 0 Å². The summed E-state index contributed by atoms with van der Waals surface area (Å²) in [4.78, 5) is 0. The summed E-state index contributed by atoms with van der Waals surface area (Å²) in [5.41, 5.74) is 0.288. The van der Waals surface area contributed by atoms with E-state index in [1.165, 1.54) is 20.1 Å². The highest BCUT2D eigenvalue weighted by Gasteiger charge is 2.13. The summed E-state index contributed by atoms with van der Waals surface area (Å²) in [5.74, 6) is -2.25. The molecule has 0 aliphatic heterocycles. The van der Waals surface area contributed by atoms with Gasteiger partial charge in [0, 0.05) is 0 Å². The third-order valence-electron chi connectivity index (χ3n) is 1.72. The smallest absolute Gasteiger partial charge is 0.200 e. The predicted octanol–water partition coefficient (Wildman–Crippen LogP) is 2.03. The van der Waals surface area contributed by atoms with Gasteiger partial charge in [0.05, 0.1) is 13.2 Å². The number of aliphatic hydroxyl groups is 1. The van der Waals surface area contributed by atoms with E-state index in [9.17, 15) is 8.78 Å². The van der Waals surface area contributed by atoms with Crippen molar-refractivity contribution in [1.82, 2.24) is 0 Å². The van der Waals surface area contributed by atoms with Gasteiger partial charge in [-0.05, 0) is 24.6 Å². The van der Waals surface area contributed by atoms with Gasteiger partial charge >= 0.3 is 0 Å². The van der Waals surface area contributed by atoms with Crippen molar-refractivity contribution in [3.05, 3.63) is 29.3 Å². The Labute approximate surface area is 74.8 Å². The summed E-state index contributed by atoms with van der Waals surface area (Å²) in [6.45, 7) is 1.46. The number of methoxy groups -OCH3 is 1. The summed E-state index contributed by atoms with van der Waals surface area (Å²) < 4.78 is 30.3. The van der Waals surface area contributed by atoms with Gasteiger partial charge in [-0.15, -0.1) is 0 Å². The first-order valence-corrected chi connectivity index (χ1v) is 3.77. The van der Waals surface area contributed by atoms with Crippen LogP contribution in [0.2, 0.25) is 0 Å². The maximum Gasteiger partial charge on any atom is 0.200 e. The lowest BCUT2D eigenvalue weighted by Gasteiger charge is -2.08. The zero-order valence-corrected chi connectivity index (χ0v) is 7.34. The lowest BCUT2D eigenvalue weighted by atomic mass is 10.1. The molecule has 0 fully saturated rings. The minimum absolute atomic E-state index is 0.198. The van der Waals surface area contributed by atoms with E-state index >= 15 is 0 Å². The van der Waals surface area contributed by atoms with Crippen molar-refractivity contribution in [3.8, 4) is 5.75 Å². The number of hydrogen-bond donors (Lipinski definition) is 1. The number of halogens is 2. The van der Waals surface area contributed by atoms with Crippen LogP contribution in [-0.4, -0.2) is 12.2 Å². The third-order valence-corrected chi connectivity index (χ3v) is 1.72. The van der Waals surface area contributed by atoms with Gasteiger partial charge in [0.2, 0.25) is 5.82 Å². The zero-order valence-electron chi connectivity index (χ0n) is 7.34. The Hall–Kier alpha value is -1.16. The van der Waals surface area contributed by atoms with E-state index in [1.54, 1.807) is 0 Å². The molecule has 0 heterocycles. The van der Waals surface area contributed by atoms with Crippen molar-refractivity contribution in [1.29, 1.82) is 0 Å². The molecular weight excluding hydrogens is 178 g/mol. The predicted molar refractivity (Wildman–Crippen MR) is 43.5 cm³/mol. The van der Waals surface area contributed by atoms with Crippen molar-refractivity contribution < 1.29 is 18.6 Å². The molecule has 13 heavy (non-hydrogen) atoms. The molecule has 0 spiro atoms. The Morgan fingerprint density at radius 1 is 1.38 bits per heavy atom. The van der Waals surface area contributed by atoms with Crippen molar-refractivity contribution >= 4 is 0 Å². The van der Waals surface area contributed by atoms with Crippen LogP contribution in [-0.2, 0) is 0 Å². The molecule has 1 rings (SSSR count). The SMILES string of the molecule is COc1cc([C@H](C)O)cc(F)c1F. The number of hydrogen-bond acceptors (Lipinski definition) is 2. The first kappa shape index (κ1) is 9.92. The van der Waals surface area contributed by atoms with E-state index < -0.39 is 17.7 Å². The minimum atomic E-state index is -1.04. The summed E-state index contributed by atoms with van der Waals surface area (Å²) in [5, 5.41) is 9.11. The van der Waals surface area contributed by atoms with Crippen LogP contribution in [0.4, 0.5) is 8.78 Å². The van der Waals surface area contributed by atoms with Gasteiger partial charge in [0.1, 0.15) is 0 Å². The van der Waals surface area contributed by atoms with Gasteiger partial charge in [-0.25, -0.2) is 4.39 Å². The molecule has 0 saturated heterocycles. The van der Waals surface area contributed by atoms with E-state index in [0.29, 0.717) is 0 Å². The molecule has 0 aliphatic carbocycles. The maximum absolute atomic E-state index is 12.9. The van der Waals surface area contributed by atoms with E-state index in [0.717, 1.165) is 6.07 Å². The Kier molecular flexibility index (Phi) is 2.83. The Morgan fingerprint density at radius 2 is 2.00 bits per heavy atom. The molecule has 1 N–H and O–H groups in total. The number of aliphatic hydroxyl groups excluding tert-OH is 1. The number of rotatable bonds is 2. The van der Waals surface area contributed by atoms with Gasteiger partial charge in [0.25, 0.3) is 0 Å². The average molecular weight is 188 g/mol. The van der Waals surface area contributed by atoms with Crippen LogP contribution in [0.15, 0.2) is 12.1 Å². The maximum atomic E-state index is 12.9. The summed E-state index contributed by atoms with van der Waals surface area (Å²) in [7, 11) is 1.24. The van der Waals surface area contributed by atoms with Crippen LogP contribution in [0.3, 0.4) is 0 Å². The first-order chi connectivity index (χ1) is 6.06. The summed E-state index contributed by atoms with van der Waals surface area (Å²) in [6, 6.07) is 2.21. The third kappa shape index (κ3) is 1.95. The monoisotopic (exact) mass is 188 g/mol. The molecular formula is C9H10F2O2. The largest absolute Gasteiger partial charge is 0.494 e. The van der Waals surface area contributed by atoms with Crippen LogP contribution < -0.4 is 4.74 Å². The molecule has 0 aromatic heterocycles. The standard InChI is InChI=1S/C9H10F2O2/c1-5(12)6-3-7(10)9(11)8(4-6)13-2/h3-5,12H,1-2H3/t5-/m0/s1. The molecule has 1 atom stereocenters. The van der Waals surface area contributed by atoms with E-state index in [4.69, 9.17) is 5.11 Å². The highest BCUT2D eigenvalue weighted by Crippen LogP contribution is 2.24. The Morgan fingerprint density at radius 3 is 2.46 bits per heavy atom. The summed E-state index contributed by atoms with van der Waals surface area (Å²) in [6.07, 6.45) is -0.844. The van der Waals surface area contributed by atoms with Crippen LogP contribution in [0.5, 0.6) is 5.75 Å². The molecule has 1 aromatic carbocycles. The number of ether oxygens (including phenoxy) is 1. The molecule has 0 bridgehead atoms. The van der Waals surface area contributed by atoms with Gasteiger partial charge in [-0.3, -0.25) is 0 Å². The second-order valence-electron chi connectivity index (χ2n) is 2.69. The molecule has 0 unspecified atom stereocenters. The fraction of sp³-hybridized carbons (Fsp3) is 0.333. The fourth-order valence-corrected chi connectivity index (χ4v) is 0.974. The molecule has 0 radical (unpaired) electrons. The highest BCUT2D eigenvalue weighted by atomic mass is 19.2. The van der Waals surface area contributed by atoms with E-state index in [1.807, 2.05) is 0 Å². The van der Waals surface area contributed by atoms with E-state index in [-0.39, 0.29) is 11.3 Å². The quantitative estimate of drug-likeness (QED) is 0.769. The van der Waals surface area contributed by atoms with Crippen molar-refractivity contribution in [2.45, 2.75) is 13.0 Å². The second kappa shape index (κ2) is 3.70.